The van der Waals surface area contributed by atoms with Crippen LogP contribution in [0.1, 0.15) is 26.2 Å². The van der Waals surface area contributed by atoms with Crippen LogP contribution in [0.3, 0.4) is 0 Å². The lowest BCUT2D eigenvalue weighted by Crippen LogP contribution is -2.52. The molecule has 2 aliphatic heterocycles. The van der Waals surface area contributed by atoms with Gasteiger partial charge in [-0.1, -0.05) is 6.92 Å². The van der Waals surface area contributed by atoms with Gasteiger partial charge >= 0.3 is 5.97 Å². The van der Waals surface area contributed by atoms with Crippen LogP contribution in [0.15, 0.2) is 11.9 Å². The highest BCUT2D eigenvalue weighted by atomic mass is 32.2. The number of carbonyl (C=O) groups excluding carboxylic acids is 2. The Bertz CT molecular complexity index is 461. The van der Waals surface area contributed by atoms with Gasteiger partial charge in [0.15, 0.2) is 0 Å². The number of amides is 2. The predicted octanol–water partition coefficient (Wildman–Crippen LogP) is 0.554. The first kappa shape index (κ1) is 14.7. The third-order valence-corrected chi connectivity index (χ3v) is 4.00. The van der Waals surface area contributed by atoms with Crippen LogP contribution in [0.2, 0.25) is 0 Å². The average molecular weight is 299 g/mol. The maximum Gasteiger partial charge on any atom is 0.327 e. The Labute approximate surface area is 121 Å². The van der Waals surface area contributed by atoms with Gasteiger partial charge in [-0.3, -0.25) is 14.5 Å². The molecule has 0 saturated carbocycles. The number of piperidine rings is 1. The second-order valence-corrected chi connectivity index (χ2v) is 6.09. The molecule has 2 amide bonds. The molecule has 0 aliphatic carbocycles. The Balaban J connectivity index is 2.16. The van der Waals surface area contributed by atoms with Crippen molar-refractivity contribution in [1.29, 1.82) is 0 Å². The fourth-order valence-corrected chi connectivity index (χ4v) is 2.92. The van der Waals surface area contributed by atoms with Crippen molar-refractivity contribution in [2.75, 3.05) is 7.05 Å². The molecule has 0 aromatic heterocycles. The first-order valence-electron chi connectivity index (χ1n) is 6.32. The second kappa shape index (κ2) is 5.74. The number of carboxylic acid groups (broad SMARTS) is 1. The van der Waals surface area contributed by atoms with E-state index in [0.29, 0.717) is 5.70 Å². The minimum atomic E-state index is -1.16. The number of imide groups is 1. The largest absolute Gasteiger partial charge is 0.480 e. The zero-order valence-electron chi connectivity index (χ0n) is 11.3. The Morgan fingerprint density at radius 3 is 2.55 bits per heavy atom. The molecule has 2 rings (SSSR count). The number of likely N-dealkylation sites (tertiary alicyclic amines) is 1. The highest BCUT2D eigenvalue weighted by Gasteiger charge is 2.39. The molecule has 110 valence electrons. The molecule has 0 aromatic carbocycles. The number of nitrogens with zero attached hydrogens (tertiary/aromatic N) is 2. The molecule has 1 fully saturated rings. The van der Waals surface area contributed by atoms with Crippen molar-refractivity contribution in [3.05, 3.63) is 11.9 Å². The molecule has 0 radical (unpaired) electrons. The molecule has 0 aromatic rings. The van der Waals surface area contributed by atoms with Gasteiger partial charge in [0.2, 0.25) is 11.8 Å². The molecule has 2 N–H and O–H groups in total. The molecule has 1 unspecified atom stereocenters. The maximum atomic E-state index is 12.0. The van der Waals surface area contributed by atoms with Gasteiger partial charge < -0.3 is 14.1 Å². The fraction of sp³-hybridized carbons (Fsp3) is 0.583. The number of carbonyl (C=O) groups is 3. The summed E-state index contributed by atoms with van der Waals surface area (Å²) >= 11 is 1.32. The van der Waals surface area contributed by atoms with E-state index in [4.69, 9.17) is 0 Å². The zero-order chi connectivity index (χ0) is 14.9. The lowest BCUT2D eigenvalue weighted by atomic mass is 9.95. The Hall–Kier alpha value is -1.70. The number of aliphatic carboxylic acids is 1. The maximum absolute atomic E-state index is 12.0. The number of rotatable bonds is 4. The first-order valence-corrected chi connectivity index (χ1v) is 7.10. The minimum Gasteiger partial charge on any atom is -0.480 e. The Morgan fingerprint density at radius 1 is 1.50 bits per heavy atom. The van der Waals surface area contributed by atoms with Crippen molar-refractivity contribution >= 4 is 29.9 Å². The van der Waals surface area contributed by atoms with Crippen LogP contribution in [-0.4, -0.2) is 45.2 Å². The van der Waals surface area contributed by atoms with Gasteiger partial charge in [-0.25, -0.2) is 4.79 Å². The highest BCUT2D eigenvalue weighted by molar-refractivity contribution is 7.95. The minimum absolute atomic E-state index is 0.0220. The molecule has 0 spiro atoms. The van der Waals surface area contributed by atoms with Crippen molar-refractivity contribution in [3.8, 4) is 0 Å². The summed E-state index contributed by atoms with van der Waals surface area (Å²) in [6.45, 7) is 1.82. The van der Waals surface area contributed by atoms with Gasteiger partial charge in [-0.2, -0.15) is 0 Å². The zero-order valence-corrected chi connectivity index (χ0v) is 12.1. The van der Waals surface area contributed by atoms with Gasteiger partial charge in [0.25, 0.3) is 0 Å². The summed E-state index contributed by atoms with van der Waals surface area (Å²) in [6.07, 6.45) is 2.29. The quantitative estimate of drug-likeness (QED) is 0.579. The van der Waals surface area contributed by atoms with Gasteiger partial charge in [-0.15, -0.1) is 0 Å². The Kier molecular flexibility index (Phi) is 4.22. The lowest BCUT2D eigenvalue weighted by Gasteiger charge is -2.32. The van der Waals surface area contributed by atoms with E-state index in [1.807, 2.05) is 14.0 Å². The van der Waals surface area contributed by atoms with E-state index in [2.05, 4.69) is 4.72 Å². The summed E-state index contributed by atoms with van der Waals surface area (Å²) in [5.74, 6) is -1.99. The number of hydrogen-bond acceptors (Lipinski definition) is 6. The first-order chi connectivity index (χ1) is 9.38. The SMILES string of the molecule is CC1CC(=O)N(C(CC2=CN(C)SN2)C(=O)O)C(=O)C1. The van der Waals surface area contributed by atoms with Crippen molar-refractivity contribution in [1.82, 2.24) is 13.9 Å². The van der Waals surface area contributed by atoms with Crippen molar-refractivity contribution in [2.45, 2.75) is 32.2 Å². The average Bonchev–Trinajstić information content (AvgIpc) is 2.72. The van der Waals surface area contributed by atoms with Crippen molar-refractivity contribution < 1.29 is 19.5 Å². The van der Waals surface area contributed by atoms with E-state index in [1.165, 1.54) is 12.1 Å². The van der Waals surface area contributed by atoms with E-state index in [1.54, 1.807) is 10.5 Å². The molecule has 20 heavy (non-hydrogen) atoms. The predicted molar refractivity (Wildman–Crippen MR) is 72.9 cm³/mol. The van der Waals surface area contributed by atoms with Crippen molar-refractivity contribution in [2.24, 2.45) is 5.92 Å². The van der Waals surface area contributed by atoms with Gasteiger partial charge in [-0.05, 0) is 5.92 Å². The summed E-state index contributed by atoms with van der Waals surface area (Å²) in [5.41, 5.74) is 0.684. The summed E-state index contributed by atoms with van der Waals surface area (Å²) in [6, 6.07) is -1.15. The van der Waals surface area contributed by atoms with E-state index in [-0.39, 0.29) is 25.2 Å². The summed E-state index contributed by atoms with van der Waals surface area (Å²) in [5, 5.41) is 9.33. The number of carboxylic acids is 1. The third kappa shape index (κ3) is 3.06. The monoisotopic (exact) mass is 299 g/mol. The van der Waals surface area contributed by atoms with E-state index < -0.39 is 23.8 Å². The van der Waals surface area contributed by atoms with Crippen LogP contribution in [0, 0.1) is 5.92 Å². The highest BCUT2D eigenvalue weighted by Crippen LogP contribution is 2.26. The van der Waals surface area contributed by atoms with Gasteiger partial charge in [0.1, 0.15) is 6.04 Å². The third-order valence-electron chi connectivity index (χ3n) is 3.25. The van der Waals surface area contributed by atoms with Crippen LogP contribution in [-0.2, 0) is 14.4 Å². The fourth-order valence-electron chi connectivity index (χ4n) is 2.35. The summed E-state index contributed by atoms with van der Waals surface area (Å²) in [4.78, 5) is 36.3. The van der Waals surface area contributed by atoms with Crippen LogP contribution in [0.25, 0.3) is 0 Å². The molecule has 7 nitrogen and oxygen atoms in total. The molecule has 2 aliphatic rings. The summed E-state index contributed by atoms with van der Waals surface area (Å²) < 4.78 is 4.75. The standard InChI is InChI=1S/C12H17N3O4S/c1-7-3-10(16)15(11(17)4-7)9(12(18)19)5-8-6-14(2)20-13-8/h6-7,9,13H,3-5H2,1-2H3,(H,18,19). The van der Waals surface area contributed by atoms with Gasteiger partial charge in [0.05, 0.1) is 12.1 Å². The number of nitrogens with one attached hydrogen (secondary N) is 1. The smallest absolute Gasteiger partial charge is 0.327 e. The van der Waals surface area contributed by atoms with E-state index >= 15 is 0 Å². The van der Waals surface area contributed by atoms with Crippen molar-refractivity contribution in [3.63, 3.8) is 0 Å². The molecule has 1 saturated heterocycles. The second-order valence-electron chi connectivity index (χ2n) is 5.12. The molecular weight excluding hydrogens is 282 g/mol. The van der Waals surface area contributed by atoms with Crippen LogP contribution in [0.5, 0.6) is 0 Å². The van der Waals surface area contributed by atoms with Crippen LogP contribution < -0.4 is 4.72 Å². The molecule has 1 atom stereocenters. The molecule has 8 heteroatoms. The van der Waals surface area contributed by atoms with E-state index in [9.17, 15) is 19.5 Å². The van der Waals surface area contributed by atoms with Crippen LogP contribution in [0.4, 0.5) is 0 Å². The molecular formula is C12H17N3O4S. The van der Waals surface area contributed by atoms with Crippen LogP contribution >= 0.6 is 12.1 Å². The molecule has 0 bridgehead atoms. The van der Waals surface area contributed by atoms with Gasteiger partial charge in [0, 0.05) is 38.2 Å². The Morgan fingerprint density at radius 2 is 2.10 bits per heavy atom. The molecule has 2 heterocycles. The van der Waals surface area contributed by atoms with E-state index in [0.717, 1.165) is 4.90 Å². The summed E-state index contributed by atoms with van der Waals surface area (Å²) in [7, 11) is 1.82. The number of hydrogen-bond donors (Lipinski definition) is 2. The topological polar surface area (TPSA) is 90.0 Å². The lowest BCUT2D eigenvalue weighted by molar-refractivity contribution is -0.161. The normalized spacial score (nSPS) is 21.8.